The summed E-state index contributed by atoms with van der Waals surface area (Å²) in [6, 6.07) is 8.53. The summed E-state index contributed by atoms with van der Waals surface area (Å²) < 4.78 is 13.6. The zero-order chi connectivity index (χ0) is 15.5. The SMILES string of the molecule is N#Cc1c(N)nc2c(c1-c1cccc(F)c1)CCCCCC2. The van der Waals surface area contributed by atoms with E-state index in [0.29, 0.717) is 11.1 Å². The Balaban J connectivity index is 2.27. The van der Waals surface area contributed by atoms with Crippen molar-refractivity contribution >= 4 is 5.82 Å². The molecule has 1 aromatic heterocycles. The lowest BCUT2D eigenvalue weighted by atomic mass is 9.88. The third-order valence-corrected chi connectivity index (χ3v) is 4.23. The normalized spacial score (nSPS) is 14.5. The molecule has 0 unspecified atom stereocenters. The Kier molecular flexibility index (Phi) is 4.06. The zero-order valence-electron chi connectivity index (χ0n) is 12.4. The summed E-state index contributed by atoms with van der Waals surface area (Å²) in [6.07, 6.45) is 6.24. The van der Waals surface area contributed by atoms with E-state index in [2.05, 4.69) is 11.1 Å². The first-order valence-electron chi connectivity index (χ1n) is 7.68. The van der Waals surface area contributed by atoms with E-state index in [1.54, 1.807) is 6.07 Å². The van der Waals surface area contributed by atoms with Crippen LogP contribution in [0, 0.1) is 17.1 Å². The van der Waals surface area contributed by atoms with Crippen LogP contribution in [0.3, 0.4) is 0 Å². The van der Waals surface area contributed by atoms with Gasteiger partial charge < -0.3 is 5.73 Å². The van der Waals surface area contributed by atoms with E-state index in [1.807, 2.05) is 6.07 Å². The Morgan fingerprint density at radius 2 is 1.91 bits per heavy atom. The summed E-state index contributed by atoms with van der Waals surface area (Å²) in [6.45, 7) is 0. The largest absolute Gasteiger partial charge is 0.383 e. The number of nitrogens with two attached hydrogens (primary N) is 1. The van der Waals surface area contributed by atoms with Crippen LogP contribution in [0.1, 0.15) is 42.5 Å². The number of aromatic nitrogens is 1. The molecular formula is C18H18FN3. The van der Waals surface area contributed by atoms with Crippen LogP contribution in [-0.2, 0) is 12.8 Å². The van der Waals surface area contributed by atoms with Crippen molar-refractivity contribution in [1.82, 2.24) is 4.98 Å². The van der Waals surface area contributed by atoms with Gasteiger partial charge in [0.1, 0.15) is 23.3 Å². The van der Waals surface area contributed by atoms with Gasteiger partial charge in [-0.3, -0.25) is 0 Å². The van der Waals surface area contributed by atoms with Crippen LogP contribution >= 0.6 is 0 Å². The van der Waals surface area contributed by atoms with Gasteiger partial charge in [0.05, 0.1) is 0 Å². The Labute approximate surface area is 129 Å². The van der Waals surface area contributed by atoms with Crippen LogP contribution < -0.4 is 5.73 Å². The average Bonchev–Trinajstić information content (AvgIpc) is 2.48. The molecule has 1 heterocycles. The number of aryl methyl sites for hydroxylation is 1. The Morgan fingerprint density at radius 1 is 1.14 bits per heavy atom. The highest BCUT2D eigenvalue weighted by molar-refractivity contribution is 5.79. The van der Waals surface area contributed by atoms with E-state index in [0.717, 1.165) is 42.5 Å². The lowest BCUT2D eigenvalue weighted by Crippen LogP contribution is -2.10. The molecule has 0 fully saturated rings. The van der Waals surface area contributed by atoms with Gasteiger partial charge in [-0.2, -0.15) is 5.26 Å². The molecule has 2 N–H and O–H groups in total. The molecule has 0 aliphatic heterocycles. The fourth-order valence-electron chi connectivity index (χ4n) is 3.19. The minimum Gasteiger partial charge on any atom is -0.383 e. The lowest BCUT2D eigenvalue weighted by molar-refractivity contribution is 0.609. The number of nitrogens with zero attached hydrogens (tertiary/aromatic N) is 2. The number of nitriles is 1. The van der Waals surface area contributed by atoms with Crippen LogP contribution in [-0.4, -0.2) is 4.98 Å². The second-order valence-electron chi connectivity index (χ2n) is 5.71. The van der Waals surface area contributed by atoms with Gasteiger partial charge in [0, 0.05) is 11.3 Å². The first-order valence-corrected chi connectivity index (χ1v) is 7.68. The summed E-state index contributed by atoms with van der Waals surface area (Å²) in [5.41, 5.74) is 9.87. The molecule has 0 radical (unpaired) electrons. The number of benzene rings is 1. The number of hydrogen-bond donors (Lipinski definition) is 1. The molecule has 0 atom stereocenters. The van der Waals surface area contributed by atoms with Crippen molar-refractivity contribution in [2.75, 3.05) is 5.73 Å². The minimum absolute atomic E-state index is 0.251. The Morgan fingerprint density at radius 3 is 2.64 bits per heavy atom. The molecule has 112 valence electrons. The van der Waals surface area contributed by atoms with Crippen LogP contribution in [0.25, 0.3) is 11.1 Å². The van der Waals surface area contributed by atoms with Crippen molar-refractivity contribution in [3.8, 4) is 17.2 Å². The van der Waals surface area contributed by atoms with E-state index < -0.39 is 0 Å². The summed E-state index contributed by atoms with van der Waals surface area (Å²) in [5.74, 6) is -0.0579. The maximum absolute atomic E-state index is 13.6. The third kappa shape index (κ3) is 2.67. The number of anilines is 1. The molecule has 3 rings (SSSR count). The highest BCUT2D eigenvalue weighted by atomic mass is 19.1. The number of hydrogen-bond acceptors (Lipinski definition) is 3. The fourth-order valence-corrected chi connectivity index (χ4v) is 3.19. The van der Waals surface area contributed by atoms with Crippen molar-refractivity contribution in [2.24, 2.45) is 0 Å². The smallest absolute Gasteiger partial charge is 0.142 e. The molecule has 1 aliphatic rings. The van der Waals surface area contributed by atoms with Crippen molar-refractivity contribution in [2.45, 2.75) is 38.5 Å². The van der Waals surface area contributed by atoms with E-state index in [4.69, 9.17) is 5.73 Å². The third-order valence-electron chi connectivity index (χ3n) is 4.23. The molecule has 0 amide bonds. The van der Waals surface area contributed by atoms with Crippen LogP contribution in [0.2, 0.25) is 0 Å². The maximum atomic E-state index is 13.6. The summed E-state index contributed by atoms with van der Waals surface area (Å²) in [5, 5.41) is 9.49. The number of pyridine rings is 1. The molecular weight excluding hydrogens is 277 g/mol. The molecule has 0 saturated carbocycles. The number of halogens is 1. The molecule has 0 spiro atoms. The molecule has 1 aliphatic carbocycles. The van der Waals surface area contributed by atoms with E-state index in [9.17, 15) is 9.65 Å². The number of rotatable bonds is 1. The molecule has 2 aromatic rings. The predicted molar refractivity (Wildman–Crippen MR) is 84.6 cm³/mol. The summed E-state index contributed by atoms with van der Waals surface area (Å²) >= 11 is 0. The van der Waals surface area contributed by atoms with Gasteiger partial charge in [-0.05, 0) is 48.9 Å². The first-order chi connectivity index (χ1) is 10.7. The van der Waals surface area contributed by atoms with Gasteiger partial charge in [0.2, 0.25) is 0 Å². The fraction of sp³-hybridized carbons (Fsp3) is 0.333. The molecule has 3 nitrogen and oxygen atoms in total. The highest BCUT2D eigenvalue weighted by Gasteiger charge is 2.20. The van der Waals surface area contributed by atoms with Crippen molar-refractivity contribution < 1.29 is 4.39 Å². The topological polar surface area (TPSA) is 62.7 Å². The van der Waals surface area contributed by atoms with Crippen molar-refractivity contribution in [3.05, 3.63) is 46.9 Å². The Bertz CT molecular complexity index is 747. The molecule has 1 aromatic carbocycles. The molecule has 0 saturated heterocycles. The summed E-state index contributed by atoms with van der Waals surface area (Å²) in [4.78, 5) is 4.46. The summed E-state index contributed by atoms with van der Waals surface area (Å²) in [7, 11) is 0. The molecule has 22 heavy (non-hydrogen) atoms. The van der Waals surface area contributed by atoms with Crippen molar-refractivity contribution in [1.29, 1.82) is 5.26 Å². The van der Waals surface area contributed by atoms with Crippen LogP contribution in [0.15, 0.2) is 24.3 Å². The van der Waals surface area contributed by atoms with Crippen LogP contribution in [0.4, 0.5) is 10.2 Å². The van der Waals surface area contributed by atoms with E-state index >= 15 is 0 Å². The van der Waals surface area contributed by atoms with Crippen LogP contribution in [0.5, 0.6) is 0 Å². The molecule has 4 heteroatoms. The van der Waals surface area contributed by atoms with Gasteiger partial charge in [0.15, 0.2) is 0 Å². The second-order valence-corrected chi connectivity index (χ2v) is 5.71. The van der Waals surface area contributed by atoms with Gasteiger partial charge in [-0.25, -0.2) is 9.37 Å². The van der Waals surface area contributed by atoms with Gasteiger partial charge in [0.25, 0.3) is 0 Å². The second kappa shape index (κ2) is 6.15. The molecule has 0 bridgehead atoms. The number of fused-ring (bicyclic) bond motifs is 1. The van der Waals surface area contributed by atoms with Gasteiger partial charge >= 0.3 is 0 Å². The van der Waals surface area contributed by atoms with E-state index in [1.165, 1.54) is 25.0 Å². The standard InChI is InChI=1S/C18H18FN3/c19-13-7-5-6-12(10-13)17-14-8-3-1-2-4-9-16(14)22-18(21)15(17)11-20/h5-7,10H,1-4,8-9H2,(H2,21,22). The average molecular weight is 295 g/mol. The first kappa shape index (κ1) is 14.5. The maximum Gasteiger partial charge on any atom is 0.142 e. The van der Waals surface area contributed by atoms with Crippen molar-refractivity contribution in [3.63, 3.8) is 0 Å². The highest BCUT2D eigenvalue weighted by Crippen LogP contribution is 2.35. The van der Waals surface area contributed by atoms with Gasteiger partial charge in [-0.1, -0.05) is 25.0 Å². The lowest BCUT2D eigenvalue weighted by Gasteiger charge is -2.19. The zero-order valence-corrected chi connectivity index (χ0v) is 12.4. The van der Waals surface area contributed by atoms with Gasteiger partial charge in [-0.15, -0.1) is 0 Å². The quantitative estimate of drug-likeness (QED) is 0.865. The number of nitrogen functional groups attached to an aromatic ring is 1. The monoisotopic (exact) mass is 295 g/mol. The predicted octanol–water partition coefficient (Wildman–Crippen LogP) is 4.00. The van der Waals surface area contributed by atoms with E-state index in [-0.39, 0.29) is 11.6 Å². The minimum atomic E-state index is -0.309. The Hall–Kier alpha value is -2.41.